The summed E-state index contributed by atoms with van der Waals surface area (Å²) in [6, 6.07) is 6.69. The summed E-state index contributed by atoms with van der Waals surface area (Å²) in [4.78, 5) is 2.46. The molecular weight excluding hydrogens is 304 g/mol. The van der Waals surface area contributed by atoms with Gasteiger partial charge in [0.1, 0.15) is 0 Å². The summed E-state index contributed by atoms with van der Waals surface area (Å²) in [6.07, 6.45) is 3.54. The van der Waals surface area contributed by atoms with Crippen LogP contribution >= 0.6 is 15.9 Å². The van der Waals surface area contributed by atoms with Gasteiger partial charge in [-0.25, -0.2) is 0 Å². The predicted octanol–water partition coefficient (Wildman–Crippen LogP) is 2.95. The first kappa shape index (κ1) is 14.8. The van der Waals surface area contributed by atoms with Crippen LogP contribution in [-0.2, 0) is 11.2 Å². The van der Waals surface area contributed by atoms with E-state index in [0.717, 1.165) is 36.8 Å². The number of anilines is 1. The molecule has 106 valence electrons. The van der Waals surface area contributed by atoms with E-state index in [1.165, 1.54) is 11.3 Å². The van der Waals surface area contributed by atoms with Crippen molar-refractivity contribution in [2.45, 2.75) is 38.3 Å². The molecule has 0 aliphatic carbocycles. The topological polar surface area (TPSA) is 38.5 Å². The minimum atomic E-state index is 0.191. The molecule has 4 heteroatoms. The van der Waals surface area contributed by atoms with Gasteiger partial charge in [0.2, 0.25) is 0 Å². The quantitative estimate of drug-likeness (QED) is 0.924. The first-order chi connectivity index (χ1) is 9.10. The first-order valence-electron chi connectivity index (χ1n) is 6.92. The highest BCUT2D eigenvalue weighted by molar-refractivity contribution is 9.10. The minimum absolute atomic E-state index is 0.191. The van der Waals surface area contributed by atoms with Gasteiger partial charge in [0, 0.05) is 36.4 Å². The zero-order valence-corrected chi connectivity index (χ0v) is 13.3. The van der Waals surface area contributed by atoms with Gasteiger partial charge in [-0.05, 0) is 43.9 Å². The SMILES string of the molecule is COC1CCN(c2cc(Br)ccc2CC(C)N)CC1. The number of halogens is 1. The number of hydrogen-bond acceptors (Lipinski definition) is 3. The van der Waals surface area contributed by atoms with E-state index in [9.17, 15) is 0 Å². The Kier molecular flexibility index (Phi) is 5.25. The first-order valence-corrected chi connectivity index (χ1v) is 7.71. The lowest BCUT2D eigenvalue weighted by molar-refractivity contribution is 0.0819. The Bertz CT molecular complexity index is 415. The fourth-order valence-electron chi connectivity index (χ4n) is 2.68. The molecule has 2 rings (SSSR count). The van der Waals surface area contributed by atoms with Crippen molar-refractivity contribution in [3.8, 4) is 0 Å². The van der Waals surface area contributed by atoms with Gasteiger partial charge in [-0.2, -0.15) is 0 Å². The highest BCUT2D eigenvalue weighted by Crippen LogP contribution is 2.29. The molecule has 1 heterocycles. The van der Waals surface area contributed by atoms with Gasteiger partial charge in [0.05, 0.1) is 6.10 Å². The molecule has 0 bridgehead atoms. The van der Waals surface area contributed by atoms with E-state index in [2.05, 4.69) is 46.0 Å². The van der Waals surface area contributed by atoms with Crippen LogP contribution in [0.15, 0.2) is 22.7 Å². The third kappa shape index (κ3) is 3.94. The second kappa shape index (κ2) is 6.73. The van der Waals surface area contributed by atoms with E-state index in [-0.39, 0.29) is 6.04 Å². The van der Waals surface area contributed by atoms with Crippen molar-refractivity contribution in [2.75, 3.05) is 25.1 Å². The molecule has 19 heavy (non-hydrogen) atoms. The van der Waals surface area contributed by atoms with Crippen molar-refractivity contribution in [1.29, 1.82) is 0 Å². The average Bonchev–Trinajstić information content (AvgIpc) is 2.40. The van der Waals surface area contributed by atoms with Gasteiger partial charge in [-0.3, -0.25) is 0 Å². The van der Waals surface area contributed by atoms with Crippen LogP contribution in [0.2, 0.25) is 0 Å². The standard InChI is InChI=1S/C15H23BrN2O/c1-11(17)9-12-3-4-13(16)10-15(12)18-7-5-14(19-2)6-8-18/h3-4,10-11,14H,5-9,17H2,1-2H3. The van der Waals surface area contributed by atoms with Gasteiger partial charge in [-0.1, -0.05) is 22.0 Å². The van der Waals surface area contributed by atoms with Crippen LogP contribution in [0.3, 0.4) is 0 Å². The number of ether oxygens (including phenoxy) is 1. The summed E-state index contributed by atoms with van der Waals surface area (Å²) in [5, 5.41) is 0. The van der Waals surface area contributed by atoms with Gasteiger partial charge in [0.25, 0.3) is 0 Å². The van der Waals surface area contributed by atoms with Crippen molar-refractivity contribution < 1.29 is 4.74 Å². The molecule has 3 nitrogen and oxygen atoms in total. The van der Waals surface area contributed by atoms with Crippen LogP contribution < -0.4 is 10.6 Å². The average molecular weight is 327 g/mol. The Labute approximate surface area is 124 Å². The second-order valence-electron chi connectivity index (χ2n) is 5.38. The zero-order chi connectivity index (χ0) is 13.8. The summed E-state index contributed by atoms with van der Waals surface area (Å²) in [7, 11) is 1.81. The summed E-state index contributed by atoms with van der Waals surface area (Å²) < 4.78 is 6.57. The largest absolute Gasteiger partial charge is 0.381 e. The van der Waals surface area contributed by atoms with Crippen LogP contribution in [0.5, 0.6) is 0 Å². The Balaban J connectivity index is 2.16. The molecule has 0 aromatic heterocycles. The number of nitrogens with two attached hydrogens (primary N) is 1. The second-order valence-corrected chi connectivity index (χ2v) is 6.29. The third-order valence-electron chi connectivity index (χ3n) is 3.71. The summed E-state index contributed by atoms with van der Waals surface area (Å²) in [6.45, 7) is 4.17. The molecule has 0 saturated carbocycles. The predicted molar refractivity (Wildman–Crippen MR) is 83.7 cm³/mol. The monoisotopic (exact) mass is 326 g/mol. The van der Waals surface area contributed by atoms with E-state index >= 15 is 0 Å². The maximum absolute atomic E-state index is 5.95. The van der Waals surface area contributed by atoms with Gasteiger partial charge in [0.15, 0.2) is 0 Å². The fraction of sp³-hybridized carbons (Fsp3) is 0.600. The molecule has 1 fully saturated rings. The molecule has 2 N–H and O–H groups in total. The Morgan fingerprint density at radius 1 is 1.42 bits per heavy atom. The van der Waals surface area contributed by atoms with E-state index in [1.807, 2.05) is 0 Å². The Hall–Kier alpha value is -0.580. The van der Waals surface area contributed by atoms with Crippen LogP contribution in [0.1, 0.15) is 25.3 Å². The van der Waals surface area contributed by atoms with Crippen LogP contribution in [0.25, 0.3) is 0 Å². The highest BCUT2D eigenvalue weighted by Gasteiger charge is 2.21. The normalized spacial score (nSPS) is 18.6. The van der Waals surface area contributed by atoms with E-state index in [0.29, 0.717) is 6.10 Å². The molecule has 1 aliphatic rings. The zero-order valence-electron chi connectivity index (χ0n) is 11.7. The van der Waals surface area contributed by atoms with Crippen molar-refractivity contribution in [3.63, 3.8) is 0 Å². The number of methoxy groups -OCH3 is 1. The van der Waals surface area contributed by atoms with Crippen molar-refractivity contribution in [2.24, 2.45) is 5.73 Å². The molecule has 1 aromatic carbocycles. The highest BCUT2D eigenvalue weighted by atomic mass is 79.9. The summed E-state index contributed by atoms with van der Waals surface area (Å²) in [5.41, 5.74) is 8.62. The molecule has 0 spiro atoms. The lowest BCUT2D eigenvalue weighted by Crippen LogP contribution is -2.37. The number of rotatable bonds is 4. The van der Waals surface area contributed by atoms with Crippen molar-refractivity contribution in [1.82, 2.24) is 0 Å². The van der Waals surface area contributed by atoms with Crippen LogP contribution in [0.4, 0.5) is 5.69 Å². The van der Waals surface area contributed by atoms with E-state index in [4.69, 9.17) is 10.5 Å². The lowest BCUT2D eigenvalue weighted by Gasteiger charge is -2.34. The molecule has 0 radical (unpaired) electrons. The lowest BCUT2D eigenvalue weighted by atomic mass is 10.0. The van der Waals surface area contributed by atoms with Crippen molar-refractivity contribution >= 4 is 21.6 Å². The van der Waals surface area contributed by atoms with Gasteiger partial charge < -0.3 is 15.4 Å². The van der Waals surface area contributed by atoms with Crippen LogP contribution in [0, 0.1) is 0 Å². The smallest absolute Gasteiger partial charge is 0.0605 e. The number of benzene rings is 1. The molecule has 1 atom stereocenters. The third-order valence-corrected chi connectivity index (χ3v) is 4.20. The molecule has 1 aromatic rings. The molecule has 1 aliphatic heterocycles. The summed E-state index contributed by atoms with van der Waals surface area (Å²) >= 11 is 3.57. The number of hydrogen-bond donors (Lipinski definition) is 1. The Morgan fingerprint density at radius 3 is 2.68 bits per heavy atom. The number of nitrogens with zero attached hydrogens (tertiary/aromatic N) is 1. The maximum Gasteiger partial charge on any atom is 0.0605 e. The Morgan fingerprint density at radius 2 is 2.11 bits per heavy atom. The van der Waals surface area contributed by atoms with E-state index < -0.39 is 0 Å². The number of piperidine rings is 1. The van der Waals surface area contributed by atoms with E-state index in [1.54, 1.807) is 7.11 Å². The molecular formula is C15H23BrN2O. The molecule has 1 unspecified atom stereocenters. The van der Waals surface area contributed by atoms with Gasteiger partial charge >= 0.3 is 0 Å². The molecule has 1 saturated heterocycles. The maximum atomic E-state index is 5.95. The minimum Gasteiger partial charge on any atom is -0.381 e. The fourth-order valence-corrected chi connectivity index (χ4v) is 3.03. The van der Waals surface area contributed by atoms with Crippen molar-refractivity contribution in [3.05, 3.63) is 28.2 Å². The summed E-state index contributed by atoms with van der Waals surface area (Å²) in [5.74, 6) is 0. The van der Waals surface area contributed by atoms with Crippen LogP contribution in [-0.4, -0.2) is 32.3 Å². The van der Waals surface area contributed by atoms with Gasteiger partial charge in [-0.15, -0.1) is 0 Å². The molecule has 0 amide bonds.